The molecule has 0 bridgehead atoms. The second-order valence-electron chi connectivity index (χ2n) is 8.27. The molecule has 0 amide bonds. The van der Waals surface area contributed by atoms with Gasteiger partial charge >= 0.3 is 0 Å². The van der Waals surface area contributed by atoms with Crippen LogP contribution in [0.15, 0.2) is 91.0 Å². The summed E-state index contributed by atoms with van der Waals surface area (Å²) in [6.07, 6.45) is -3.98. The van der Waals surface area contributed by atoms with Crippen LogP contribution in [0.3, 0.4) is 0 Å². The summed E-state index contributed by atoms with van der Waals surface area (Å²) in [7, 11) is 0. The van der Waals surface area contributed by atoms with Crippen molar-refractivity contribution < 1.29 is 28.8 Å². The van der Waals surface area contributed by atoms with Gasteiger partial charge in [0, 0.05) is 5.56 Å². The molecule has 172 valence electrons. The van der Waals surface area contributed by atoms with Crippen molar-refractivity contribution in [1.82, 2.24) is 0 Å². The van der Waals surface area contributed by atoms with Crippen molar-refractivity contribution >= 4 is 0 Å². The van der Waals surface area contributed by atoms with Crippen LogP contribution in [0.5, 0.6) is 0 Å². The summed E-state index contributed by atoms with van der Waals surface area (Å²) in [4.78, 5) is 0. The molecule has 0 saturated carbocycles. The Hall–Kier alpha value is -2.58. The lowest BCUT2D eigenvalue weighted by molar-refractivity contribution is -0.368. The van der Waals surface area contributed by atoms with Gasteiger partial charge < -0.3 is 28.8 Å². The molecule has 2 aliphatic rings. The lowest BCUT2D eigenvalue weighted by Crippen LogP contribution is -2.62. The maximum absolute atomic E-state index is 11.2. The summed E-state index contributed by atoms with van der Waals surface area (Å²) in [6.45, 7) is 0.977. The van der Waals surface area contributed by atoms with E-state index >= 15 is 0 Å². The first-order valence-corrected chi connectivity index (χ1v) is 11.2. The van der Waals surface area contributed by atoms with Crippen LogP contribution >= 0.6 is 0 Å². The number of rotatable bonds is 7. The normalized spacial score (nSPS) is 29.4. The highest BCUT2D eigenvalue weighted by Gasteiger charge is 2.50. The molecule has 0 radical (unpaired) electrons. The third-order valence-electron chi connectivity index (χ3n) is 5.92. The lowest BCUT2D eigenvalue weighted by atomic mass is 9.97. The highest BCUT2D eigenvalue weighted by molar-refractivity contribution is 5.17. The fraction of sp³-hybridized carbons (Fsp3) is 0.333. The third-order valence-corrected chi connectivity index (χ3v) is 5.92. The van der Waals surface area contributed by atoms with Gasteiger partial charge in [-0.2, -0.15) is 0 Å². The second-order valence-corrected chi connectivity index (χ2v) is 8.27. The number of benzene rings is 3. The van der Waals surface area contributed by atoms with Crippen molar-refractivity contribution in [2.45, 2.75) is 50.2 Å². The Morgan fingerprint density at radius 2 is 1.30 bits per heavy atom. The Kier molecular flexibility index (Phi) is 7.12. The van der Waals surface area contributed by atoms with Crippen LogP contribution in [0.2, 0.25) is 0 Å². The number of aliphatic hydroxyl groups is 1. The Bertz CT molecular complexity index is 983. The van der Waals surface area contributed by atoms with Gasteiger partial charge in [-0.25, -0.2) is 0 Å². The molecule has 1 N–H and O–H groups in total. The zero-order valence-electron chi connectivity index (χ0n) is 18.2. The second kappa shape index (κ2) is 10.6. The molecule has 3 aromatic rings. The molecule has 0 aromatic heterocycles. The first-order valence-electron chi connectivity index (χ1n) is 11.2. The average Bonchev–Trinajstić information content (AvgIpc) is 2.88. The first-order chi connectivity index (χ1) is 16.3. The molecular formula is C27H28O6. The molecule has 2 aliphatic heterocycles. The zero-order chi connectivity index (χ0) is 22.5. The van der Waals surface area contributed by atoms with E-state index in [1.54, 1.807) is 0 Å². The maximum Gasteiger partial charge on any atom is 0.187 e. The summed E-state index contributed by atoms with van der Waals surface area (Å²) < 4.78 is 30.5. The number of aliphatic hydroxyl groups excluding tert-OH is 1. The molecule has 0 spiro atoms. The molecule has 6 unspecified atom stereocenters. The fourth-order valence-corrected chi connectivity index (χ4v) is 4.19. The SMILES string of the molecule is OC1C(OCc2ccccc2)OC2COC(c3ccccc3)OC2C1OCc1ccccc1. The van der Waals surface area contributed by atoms with E-state index in [-0.39, 0.29) is 0 Å². The summed E-state index contributed by atoms with van der Waals surface area (Å²) in [6, 6.07) is 29.4. The molecule has 2 saturated heterocycles. The molecule has 3 aromatic carbocycles. The van der Waals surface area contributed by atoms with Crippen LogP contribution in [0.1, 0.15) is 23.0 Å². The van der Waals surface area contributed by atoms with Gasteiger partial charge in [0.1, 0.15) is 24.4 Å². The minimum Gasteiger partial charge on any atom is -0.385 e. The number of fused-ring (bicyclic) bond motifs is 1. The minimum absolute atomic E-state index is 0.313. The van der Waals surface area contributed by atoms with E-state index in [0.717, 1.165) is 16.7 Å². The number of ether oxygens (including phenoxy) is 5. The van der Waals surface area contributed by atoms with E-state index < -0.39 is 37.0 Å². The first kappa shape index (κ1) is 22.2. The Morgan fingerprint density at radius 3 is 1.94 bits per heavy atom. The smallest absolute Gasteiger partial charge is 0.187 e. The van der Waals surface area contributed by atoms with Crippen LogP contribution in [-0.2, 0) is 36.9 Å². The van der Waals surface area contributed by atoms with Crippen LogP contribution in [0.4, 0.5) is 0 Å². The van der Waals surface area contributed by atoms with Crippen LogP contribution in [0.25, 0.3) is 0 Å². The van der Waals surface area contributed by atoms with Gasteiger partial charge in [-0.05, 0) is 11.1 Å². The molecular weight excluding hydrogens is 420 g/mol. The van der Waals surface area contributed by atoms with Gasteiger partial charge in [-0.15, -0.1) is 0 Å². The summed E-state index contributed by atoms with van der Waals surface area (Å²) in [5.41, 5.74) is 2.92. The van der Waals surface area contributed by atoms with E-state index in [4.69, 9.17) is 23.7 Å². The highest BCUT2D eigenvalue weighted by Crippen LogP contribution is 2.36. The highest BCUT2D eigenvalue weighted by atomic mass is 16.8. The van der Waals surface area contributed by atoms with Gasteiger partial charge in [-0.1, -0.05) is 91.0 Å². The Morgan fingerprint density at radius 1 is 0.727 bits per heavy atom. The van der Waals surface area contributed by atoms with E-state index in [1.165, 1.54) is 0 Å². The van der Waals surface area contributed by atoms with Crippen LogP contribution in [0, 0.1) is 0 Å². The monoisotopic (exact) mass is 448 g/mol. The van der Waals surface area contributed by atoms with Gasteiger partial charge in [0.25, 0.3) is 0 Å². The van der Waals surface area contributed by atoms with Crippen molar-refractivity contribution in [2.24, 2.45) is 0 Å². The minimum atomic E-state index is -1.02. The summed E-state index contributed by atoms with van der Waals surface area (Å²) in [5, 5.41) is 11.2. The van der Waals surface area contributed by atoms with Gasteiger partial charge in [0.2, 0.25) is 0 Å². The molecule has 2 heterocycles. The fourth-order valence-electron chi connectivity index (χ4n) is 4.19. The van der Waals surface area contributed by atoms with E-state index in [0.29, 0.717) is 19.8 Å². The molecule has 5 rings (SSSR count). The molecule has 6 atom stereocenters. The number of hydrogen-bond acceptors (Lipinski definition) is 6. The predicted molar refractivity (Wildman–Crippen MR) is 121 cm³/mol. The van der Waals surface area contributed by atoms with Crippen molar-refractivity contribution in [3.05, 3.63) is 108 Å². The Balaban J connectivity index is 1.32. The topological polar surface area (TPSA) is 66.4 Å². The van der Waals surface area contributed by atoms with Crippen LogP contribution < -0.4 is 0 Å². The standard InChI is InChI=1S/C27H28O6/c28-23-25(29-16-19-10-4-1-5-11-19)24-22(18-31-26(33-24)21-14-8-3-9-15-21)32-27(23)30-17-20-12-6-2-7-13-20/h1-15,22-28H,16-18H2. The quantitative estimate of drug-likeness (QED) is 0.590. The van der Waals surface area contributed by atoms with Gasteiger partial charge in [0.05, 0.1) is 19.8 Å². The van der Waals surface area contributed by atoms with Crippen molar-refractivity contribution in [2.75, 3.05) is 6.61 Å². The maximum atomic E-state index is 11.2. The molecule has 6 heteroatoms. The van der Waals surface area contributed by atoms with Crippen LogP contribution in [-0.4, -0.2) is 42.4 Å². The van der Waals surface area contributed by atoms with E-state index in [1.807, 2.05) is 91.0 Å². The third kappa shape index (κ3) is 5.33. The molecule has 6 nitrogen and oxygen atoms in total. The van der Waals surface area contributed by atoms with Crippen molar-refractivity contribution in [1.29, 1.82) is 0 Å². The van der Waals surface area contributed by atoms with Gasteiger partial charge in [0.15, 0.2) is 12.6 Å². The molecule has 2 fully saturated rings. The summed E-state index contributed by atoms with van der Waals surface area (Å²) >= 11 is 0. The molecule has 0 aliphatic carbocycles. The number of hydrogen-bond donors (Lipinski definition) is 1. The van der Waals surface area contributed by atoms with E-state index in [2.05, 4.69) is 0 Å². The van der Waals surface area contributed by atoms with Gasteiger partial charge in [-0.3, -0.25) is 0 Å². The lowest BCUT2D eigenvalue weighted by Gasteiger charge is -2.47. The summed E-state index contributed by atoms with van der Waals surface area (Å²) in [5.74, 6) is 0. The van der Waals surface area contributed by atoms with Crippen molar-refractivity contribution in [3.8, 4) is 0 Å². The predicted octanol–water partition coefficient (Wildman–Crippen LogP) is 3.99. The largest absolute Gasteiger partial charge is 0.385 e. The van der Waals surface area contributed by atoms with Crippen molar-refractivity contribution in [3.63, 3.8) is 0 Å². The molecule has 33 heavy (non-hydrogen) atoms. The van der Waals surface area contributed by atoms with E-state index in [9.17, 15) is 5.11 Å². The Labute approximate surface area is 193 Å². The zero-order valence-corrected chi connectivity index (χ0v) is 18.2. The average molecular weight is 449 g/mol.